The van der Waals surface area contributed by atoms with Gasteiger partial charge in [0.05, 0.1) is 5.39 Å². The van der Waals surface area contributed by atoms with Crippen LogP contribution in [0, 0.1) is 0 Å². The molecule has 5 nitrogen and oxygen atoms in total. The first kappa shape index (κ1) is 15.8. The normalized spacial score (nSPS) is 17.0. The lowest BCUT2D eigenvalue weighted by atomic mass is 9.87. The first-order chi connectivity index (χ1) is 12.6. The smallest absolute Gasteiger partial charge is 0.182 e. The number of hydrogen-bond donors (Lipinski definition) is 0. The number of aromatic nitrogens is 4. The fraction of sp³-hybridized carbons (Fsp3) is 0.350. The van der Waals surface area contributed by atoms with Crippen molar-refractivity contribution < 1.29 is 0 Å². The summed E-state index contributed by atoms with van der Waals surface area (Å²) in [6.07, 6.45) is 5.48. The second-order valence-corrected chi connectivity index (χ2v) is 8.39. The molecule has 1 aliphatic rings. The van der Waals surface area contributed by atoms with Crippen LogP contribution in [0.15, 0.2) is 30.6 Å². The highest BCUT2D eigenvalue weighted by molar-refractivity contribution is 7.19. The van der Waals surface area contributed by atoms with Crippen molar-refractivity contribution in [3.05, 3.63) is 41.0 Å². The van der Waals surface area contributed by atoms with Crippen molar-refractivity contribution in [2.45, 2.75) is 32.1 Å². The number of hydrogen-bond acceptors (Lipinski definition) is 5. The minimum Gasteiger partial charge on any atom is -0.378 e. The number of rotatable bonds is 2. The molecule has 0 saturated heterocycles. The van der Waals surface area contributed by atoms with Crippen LogP contribution in [0.5, 0.6) is 0 Å². The molecule has 5 rings (SSSR count). The Morgan fingerprint density at radius 2 is 2.00 bits per heavy atom. The number of benzene rings is 1. The molecule has 1 unspecified atom stereocenters. The van der Waals surface area contributed by atoms with E-state index >= 15 is 0 Å². The SMILES string of the molecule is CC1CCCc2sc3ncn4nc(-c5ccc(N(C)C)cc5)nc4c3c21. The summed E-state index contributed by atoms with van der Waals surface area (Å²) >= 11 is 1.83. The van der Waals surface area contributed by atoms with Crippen LogP contribution in [-0.2, 0) is 6.42 Å². The fourth-order valence-electron chi connectivity index (χ4n) is 3.92. The van der Waals surface area contributed by atoms with Gasteiger partial charge in [-0.3, -0.25) is 0 Å². The second-order valence-electron chi connectivity index (χ2n) is 7.30. The van der Waals surface area contributed by atoms with Crippen LogP contribution in [0.2, 0.25) is 0 Å². The maximum absolute atomic E-state index is 4.91. The molecule has 0 aliphatic heterocycles. The van der Waals surface area contributed by atoms with Gasteiger partial charge in [0.15, 0.2) is 11.5 Å². The molecule has 0 spiro atoms. The van der Waals surface area contributed by atoms with Gasteiger partial charge in [0.1, 0.15) is 11.2 Å². The summed E-state index contributed by atoms with van der Waals surface area (Å²) < 4.78 is 1.84. The van der Waals surface area contributed by atoms with Gasteiger partial charge in [-0.1, -0.05) is 6.92 Å². The zero-order valence-electron chi connectivity index (χ0n) is 15.2. The monoisotopic (exact) mass is 363 g/mol. The van der Waals surface area contributed by atoms with Crippen LogP contribution in [0.25, 0.3) is 27.3 Å². The minimum atomic E-state index is 0.569. The van der Waals surface area contributed by atoms with Crippen molar-refractivity contribution in [2.75, 3.05) is 19.0 Å². The van der Waals surface area contributed by atoms with Gasteiger partial charge in [0.25, 0.3) is 0 Å². The zero-order chi connectivity index (χ0) is 17.8. The number of aryl methyl sites for hydroxylation is 1. The Hall–Kier alpha value is -2.47. The molecule has 132 valence electrons. The number of thiophene rings is 1. The highest BCUT2D eigenvalue weighted by Crippen LogP contribution is 2.42. The molecule has 1 atom stereocenters. The Morgan fingerprint density at radius 1 is 1.19 bits per heavy atom. The third-order valence-corrected chi connectivity index (χ3v) is 6.49. The molecule has 4 aromatic rings. The number of nitrogens with zero attached hydrogens (tertiary/aromatic N) is 5. The molecule has 0 bridgehead atoms. The second kappa shape index (κ2) is 5.77. The Kier molecular flexibility index (Phi) is 3.50. The molecule has 0 amide bonds. The van der Waals surface area contributed by atoms with Gasteiger partial charge in [-0.05, 0) is 55.0 Å². The molecule has 0 saturated carbocycles. The molecule has 26 heavy (non-hydrogen) atoms. The van der Waals surface area contributed by atoms with Gasteiger partial charge in [-0.15, -0.1) is 16.4 Å². The minimum absolute atomic E-state index is 0.569. The standard InChI is InChI=1S/C20H21N5S/c1-12-5-4-6-15-16(12)17-19-22-18(23-25(19)11-21-20(17)26-15)13-7-9-14(10-8-13)24(2)3/h7-12H,4-6H2,1-3H3. The summed E-state index contributed by atoms with van der Waals surface area (Å²) in [5.74, 6) is 1.33. The zero-order valence-corrected chi connectivity index (χ0v) is 16.0. The average Bonchev–Trinajstić information content (AvgIpc) is 3.23. The molecule has 1 aliphatic carbocycles. The summed E-state index contributed by atoms with van der Waals surface area (Å²) in [7, 11) is 4.09. The fourth-order valence-corrected chi connectivity index (χ4v) is 5.21. The van der Waals surface area contributed by atoms with Crippen LogP contribution in [0.4, 0.5) is 5.69 Å². The Labute approximate surface area is 156 Å². The maximum Gasteiger partial charge on any atom is 0.182 e. The highest BCUT2D eigenvalue weighted by atomic mass is 32.1. The Morgan fingerprint density at radius 3 is 2.77 bits per heavy atom. The Balaban J connectivity index is 1.70. The summed E-state index contributed by atoms with van der Waals surface area (Å²) in [5, 5.41) is 5.91. The summed E-state index contributed by atoms with van der Waals surface area (Å²) in [6, 6.07) is 8.37. The van der Waals surface area contributed by atoms with Crippen LogP contribution < -0.4 is 4.90 Å². The van der Waals surface area contributed by atoms with Crippen molar-refractivity contribution >= 4 is 32.9 Å². The largest absolute Gasteiger partial charge is 0.378 e. The molecule has 1 aromatic carbocycles. The third-order valence-electron chi connectivity index (χ3n) is 5.32. The lowest BCUT2D eigenvalue weighted by Gasteiger charge is -2.18. The number of anilines is 1. The van der Waals surface area contributed by atoms with Gasteiger partial charge >= 0.3 is 0 Å². The quantitative estimate of drug-likeness (QED) is 0.526. The van der Waals surface area contributed by atoms with Crippen molar-refractivity contribution in [3.8, 4) is 11.4 Å². The lowest BCUT2D eigenvalue weighted by Crippen LogP contribution is -2.07. The average molecular weight is 363 g/mol. The van der Waals surface area contributed by atoms with Gasteiger partial charge < -0.3 is 4.90 Å². The van der Waals surface area contributed by atoms with Crippen molar-refractivity contribution in [1.82, 2.24) is 19.6 Å². The van der Waals surface area contributed by atoms with E-state index in [-0.39, 0.29) is 0 Å². The van der Waals surface area contributed by atoms with Gasteiger partial charge in [-0.2, -0.15) is 0 Å². The first-order valence-electron chi connectivity index (χ1n) is 9.06. The van der Waals surface area contributed by atoms with Gasteiger partial charge in [-0.25, -0.2) is 14.5 Å². The molecular weight excluding hydrogens is 342 g/mol. The van der Waals surface area contributed by atoms with Crippen molar-refractivity contribution in [3.63, 3.8) is 0 Å². The van der Waals surface area contributed by atoms with Crippen LogP contribution in [0.1, 0.15) is 36.1 Å². The molecule has 3 heterocycles. The van der Waals surface area contributed by atoms with E-state index in [1.807, 2.05) is 29.9 Å². The van der Waals surface area contributed by atoms with E-state index < -0.39 is 0 Å². The summed E-state index contributed by atoms with van der Waals surface area (Å²) in [5.41, 5.74) is 4.59. The van der Waals surface area contributed by atoms with Crippen molar-refractivity contribution in [2.24, 2.45) is 0 Å². The Bertz CT molecular complexity index is 1110. The maximum atomic E-state index is 4.91. The first-order valence-corrected chi connectivity index (χ1v) is 9.88. The van der Waals surface area contributed by atoms with E-state index in [1.54, 1.807) is 6.33 Å². The topological polar surface area (TPSA) is 46.3 Å². The van der Waals surface area contributed by atoms with E-state index in [1.165, 1.54) is 40.8 Å². The lowest BCUT2D eigenvalue weighted by molar-refractivity contribution is 0.602. The van der Waals surface area contributed by atoms with Gasteiger partial charge in [0.2, 0.25) is 0 Å². The van der Waals surface area contributed by atoms with E-state index in [0.717, 1.165) is 21.9 Å². The molecular formula is C20H21N5S. The van der Waals surface area contributed by atoms with E-state index in [2.05, 4.69) is 41.1 Å². The van der Waals surface area contributed by atoms with E-state index in [0.29, 0.717) is 5.92 Å². The van der Waals surface area contributed by atoms with Crippen molar-refractivity contribution in [1.29, 1.82) is 0 Å². The molecule has 0 radical (unpaired) electrons. The van der Waals surface area contributed by atoms with Gasteiger partial charge in [0, 0.05) is 30.2 Å². The van der Waals surface area contributed by atoms with E-state index in [9.17, 15) is 0 Å². The molecule has 0 N–H and O–H groups in total. The molecule has 6 heteroatoms. The van der Waals surface area contributed by atoms with Crippen LogP contribution in [0.3, 0.4) is 0 Å². The summed E-state index contributed by atoms with van der Waals surface area (Å²) in [6.45, 7) is 2.32. The molecule has 3 aromatic heterocycles. The predicted octanol–water partition coefficient (Wildman–Crippen LogP) is 4.51. The van der Waals surface area contributed by atoms with Crippen LogP contribution >= 0.6 is 11.3 Å². The number of fused-ring (bicyclic) bond motifs is 5. The summed E-state index contributed by atoms with van der Waals surface area (Å²) in [4.78, 5) is 14.2. The van der Waals surface area contributed by atoms with E-state index in [4.69, 9.17) is 10.1 Å². The third kappa shape index (κ3) is 2.32. The highest BCUT2D eigenvalue weighted by Gasteiger charge is 2.25. The molecule has 0 fully saturated rings. The van der Waals surface area contributed by atoms with Crippen LogP contribution in [-0.4, -0.2) is 33.7 Å². The predicted molar refractivity (Wildman–Crippen MR) is 107 cm³/mol.